The first kappa shape index (κ1) is 20.5. The van der Waals surface area contributed by atoms with Crippen LogP contribution in [0.1, 0.15) is 31.7 Å². The van der Waals surface area contributed by atoms with Gasteiger partial charge in [-0.15, -0.1) is 0 Å². The average Bonchev–Trinajstić information content (AvgIpc) is 3.48. The smallest absolute Gasteiger partial charge is 0.230 e. The van der Waals surface area contributed by atoms with Crippen LogP contribution in [0.2, 0.25) is 0 Å². The maximum Gasteiger partial charge on any atom is 0.230 e. The van der Waals surface area contributed by atoms with Gasteiger partial charge in [-0.3, -0.25) is 9.59 Å². The van der Waals surface area contributed by atoms with Crippen molar-refractivity contribution in [3.8, 4) is 0 Å². The molecule has 1 heterocycles. The third-order valence-electron chi connectivity index (χ3n) is 5.50. The molecule has 0 aromatic heterocycles. The number of hydrogen-bond donors (Lipinski definition) is 1. The Hall–Kier alpha value is -2.74. The highest BCUT2D eigenvalue weighted by atomic mass is 32.2. The molecule has 1 atom stereocenters. The Morgan fingerprint density at radius 2 is 1.93 bits per heavy atom. The van der Waals surface area contributed by atoms with Crippen LogP contribution in [0.15, 0.2) is 47.4 Å². The van der Waals surface area contributed by atoms with E-state index in [4.69, 9.17) is 0 Å². The van der Waals surface area contributed by atoms with Gasteiger partial charge >= 0.3 is 0 Å². The predicted molar refractivity (Wildman–Crippen MR) is 112 cm³/mol. The number of nitrogens with zero attached hydrogens (tertiary/aromatic N) is 1. The maximum atomic E-state index is 13.2. The Balaban J connectivity index is 1.44. The fraction of sp³-hybridized carbons (Fsp3) is 0.364. The first-order chi connectivity index (χ1) is 14.2. The standard InChI is InChI=1S/C22H23FN2O4S/c1-14-11-16-12-19(7-8-20(16)25(14)22(27)15-5-6-15)30(28,29)10-9-21(26)24-18-4-2-3-17(23)13-18/h2-4,7-8,12-15H,5-6,9-11H2,1H3,(H,24,26). The summed E-state index contributed by atoms with van der Waals surface area (Å²) in [5.74, 6) is -1.13. The van der Waals surface area contributed by atoms with Gasteiger partial charge in [0.15, 0.2) is 9.84 Å². The van der Waals surface area contributed by atoms with Crippen molar-refractivity contribution in [2.45, 2.75) is 43.5 Å². The molecule has 6 nitrogen and oxygen atoms in total. The summed E-state index contributed by atoms with van der Waals surface area (Å²) in [6, 6.07) is 10.2. The first-order valence-corrected chi connectivity index (χ1v) is 11.6. The summed E-state index contributed by atoms with van der Waals surface area (Å²) in [5.41, 5.74) is 1.90. The van der Waals surface area contributed by atoms with Crippen LogP contribution in [-0.4, -0.2) is 32.0 Å². The molecule has 2 aromatic rings. The van der Waals surface area contributed by atoms with Gasteiger partial charge in [0.2, 0.25) is 11.8 Å². The Morgan fingerprint density at radius 1 is 1.17 bits per heavy atom. The average molecular weight is 431 g/mol. The van der Waals surface area contributed by atoms with E-state index in [0.29, 0.717) is 6.42 Å². The molecule has 2 aliphatic rings. The minimum absolute atomic E-state index is 0.00287. The summed E-state index contributed by atoms with van der Waals surface area (Å²) in [6.07, 6.45) is 2.21. The van der Waals surface area contributed by atoms with Crippen LogP contribution in [-0.2, 0) is 25.8 Å². The molecule has 2 aromatic carbocycles. The van der Waals surface area contributed by atoms with Crippen LogP contribution in [0.25, 0.3) is 0 Å². The maximum absolute atomic E-state index is 13.2. The molecular formula is C22H23FN2O4S. The molecule has 4 rings (SSSR count). The minimum atomic E-state index is -3.67. The minimum Gasteiger partial charge on any atom is -0.326 e. The topological polar surface area (TPSA) is 83.6 Å². The SMILES string of the molecule is CC1Cc2cc(S(=O)(=O)CCC(=O)Nc3cccc(F)c3)ccc2N1C(=O)C1CC1. The molecule has 158 valence electrons. The summed E-state index contributed by atoms with van der Waals surface area (Å²) in [5, 5.41) is 2.50. The Kier molecular flexibility index (Phi) is 5.36. The van der Waals surface area contributed by atoms with Gasteiger partial charge < -0.3 is 10.2 Å². The monoisotopic (exact) mass is 430 g/mol. The molecule has 8 heteroatoms. The normalized spacial score (nSPS) is 18.2. The lowest BCUT2D eigenvalue weighted by Gasteiger charge is -2.22. The number of rotatable bonds is 6. The van der Waals surface area contributed by atoms with Crippen LogP contribution in [0.5, 0.6) is 0 Å². The van der Waals surface area contributed by atoms with Gasteiger partial charge in [0.25, 0.3) is 0 Å². The van der Waals surface area contributed by atoms with Crippen molar-refractivity contribution >= 4 is 33.0 Å². The summed E-state index contributed by atoms with van der Waals surface area (Å²) in [6.45, 7) is 1.96. The third-order valence-corrected chi connectivity index (χ3v) is 7.21. The van der Waals surface area contributed by atoms with Crippen LogP contribution >= 0.6 is 0 Å². The van der Waals surface area contributed by atoms with Gasteiger partial charge in [-0.2, -0.15) is 0 Å². The number of carbonyl (C=O) groups excluding carboxylic acids is 2. The van der Waals surface area contributed by atoms with E-state index in [0.717, 1.165) is 24.1 Å². The van der Waals surface area contributed by atoms with Crippen LogP contribution in [0, 0.1) is 11.7 Å². The van der Waals surface area contributed by atoms with Crippen molar-refractivity contribution in [1.82, 2.24) is 0 Å². The molecule has 1 N–H and O–H groups in total. The fourth-order valence-electron chi connectivity index (χ4n) is 3.80. The van der Waals surface area contributed by atoms with E-state index in [1.165, 1.54) is 30.3 Å². The van der Waals surface area contributed by atoms with E-state index in [9.17, 15) is 22.4 Å². The number of fused-ring (bicyclic) bond motifs is 1. The number of sulfone groups is 1. The van der Waals surface area contributed by atoms with Gasteiger partial charge in [0.1, 0.15) is 5.82 Å². The molecular weight excluding hydrogens is 407 g/mol. The van der Waals surface area contributed by atoms with Gasteiger partial charge in [0.05, 0.1) is 10.6 Å². The highest BCUT2D eigenvalue weighted by Gasteiger charge is 2.39. The molecule has 30 heavy (non-hydrogen) atoms. The lowest BCUT2D eigenvalue weighted by molar-refractivity contribution is -0.120. The van der Waals surface area contributed by atoms with Crippen LogP contribution in [0.4, 0.5) is 15.8 Å². The second-order valence-corrected chi connectivity index (χ2v) is 10.1. The van der Waals surface area contributed by atoms with E-state index in [1.54, 1.807) is 17.0 Å². The van der Waals surface area contributed by atoms with Crippen LogP contribution in [0.3, 0.4) is 0 Å². The Labute approximate surface area is 175 Å². The molecule has 1 fully saturated rings. The number of nitrogens with one attached hydrogen (secondary N) is 1. The van der Waals surface area contributed by atoms with Crippen molar-refractivity contribution in [3.63, 3.8) is 0 Å². The Bertz CT molecular complexity index is 1110. The van der Waals surface area contributed by atoms with Crippen molar-refractivity contribution in [3.05, 3.63) is 53.8 Å². The van der Waals surface area contributed by atoms with Crippen molar-refractivity contribution in [1.29, 1.82) is 0 Å². The summed E-state index contributed by atoms with van der Waals surface area (Å²) < 4.78 is 38.7. The zero-order valence-electron chi connectivity index (χ0n) is 16.6. The molecule has 2 amide bonds. The van der Waals surface area contributed by atoms with Gasteiger partial charge in [-0.05, 0) is 68.1 Å². The first-order valence-electron chi connectivity index (χ1n) is 9.99. The highest BCUT2D eigenvalue weighted by molar-refractivity contribution is 7.91. The molecule has 1 aliphatic heterocycles. The van der Waals surface area contributed by atoms with Gasteiger partial charge in [0, 0.05) is 29.8 Å². The van der Waals surface area contributed by atoms with Crippen molar-refractivity contribution in [2.75, 3.05) is 16.0 Å². The zero-order chi connectivity index (χ0) is 21.5. The van der Waals surface area contributed by atoms with Crippen molar-refractivity contribution < 1.29 is 22.4 Å². The highest BCUT2D eigenvalue weighted by Crippen LogP contribution is 2.39. The van der Waals surface area contributed by atoms with Gasteiger partial charge in [-0.25, -0.2) is 12.8 Å². The van der Waals surface area contributed by atoms with E-state index in [2.05, 4.69) is 5.32 Å². The third kappa shape index (κ3) is 4.23. The molecule has 1 saturated carbocycles. The number of halogens is 1. The summed E-state index contributed by atoms with van der Waals surface area (Å²) >= 11 is 0. The van der Waals surface area contributed by atoms with Gasteiger partial charge in [-0.1, -0.05) is 6.07 Å². The molecule has 0 spiro atoms. The number of benzene rings is 2. The zero-order valence-corrected chi connectivity index (χ0v) is 17.4. The fourth-order valence-corrected chi connectivity index (χ4v) is 5.09. The molecule has 0 saturated heterocycles. The predicted octanol–water partition coefficient (Wildman–Crippen LogP) is 3.32. The quantitative estimate of drug-likeness (QED) is 0.762. The van der Waals surface area contributed by atoms with Crippen molar-refractivity contribution in [2.24, 2.45) is 5.92 Å². The summed E-state index contributed by atoms with van der Waals surface area (Å²) in [4.78, 5) is 26.6. The van der Waals surface area contributed by atoms with E-state index >= 15 is 0 Å². The summed E-state index contributed by atoms with van der Waals surface area (Å²) in [7, 11) is -3.67. The molecule has 1 unspecified atom stereocenters. The Morgan fingerprint density at radius 3 is 2.63 bits per heavy atom. The number of carbonyl (C=O) groups is 2. The molecule has 0 bridgehead atoms. The lowest BCUT2D eigenvalue weighted by atomic mass is 10.1. The molecule has 1 aliphatic carbocycles. The number of amides is 2. The van der Waals surface area contributed by atoms with Crippen LogP contribution < -0.4 is 10.2 Å². The molecule has 0 radical (unpaired) electrons. The van der Waals surface area contributed by atoms with E-state index < -0.39 is 21.6 Å². The number of hydrogen-bond acceptors (Lipinski definition) is 4. The second-order valence-electron chi connectivity index (χ2n) is 7.95. The second kappa shape index (κ2) is 7.83. The lowest BCUT2D eigenvalue weighted by Crippen LogP contribution is -2.36. The van der Waals surface area contributed by atoms with E-state index in [1.807, 2.05) is 6.92 Å². The van der Waals surface area contributed by atoms with E-state index in [-0.39, 0.29) is 40.6 Å². The largest absolute Gasteiger partial charge is 0.326 e. The number of anilines is 2.